The summed E-state index contributed by atoms with van der Waals surface area (Å²) in [5.41, 5.74) is -0.549. The highest BCUT2D eigenvalue weighted by Crippen LogP contribution is 2.24. The van der Waals surface area contributed by atoms with Crippen LogP contribution in [-0.4, -0.2) is 22.6 Å². The number of hydrogen-bond donors (Lipinski definition) is 1. The van der Waals surface area contributed by atoms with Crippen molar-refractivity contribution in [2.75, 3.05) is 0 Å². The van der Waals surface area contributed by atoms with Gasteiger partial charge in [-0.1, -0.05) is 12.2 Å². The van der Waals surface area contributed by atoms with Crippen molar-refractivity contribution >= 4 is 17.5 Å². The number of aliphatic imine (C=N–C) groups is 1. The van der Waals surface area contributed by atoms with Gasteiger partial charge in [-0.05, 0) is 6.08 Å². The number of nitrogens with zero attached hydrogens (tertiary/aromatic N) is 1. The molecule has 0 amide bonds. The normalized spacial score (nSPS) is 23.9. The van der Waals surface area contributed by atoms with Gasteiger partial charge in [-0.2, -0.15) is 0 Å². The standard InChI is InChI=1S/C10H6FNO3/c11-6-3-1-2-5-8(13)4-7(10(14)15)12-9(5)6/h1-5H,(H,14,15). The molecular formula is C10H6FNO3. The largest absolute Gasteiger partial charge is 0.477 e. The predicted octanol–water partition coefficient (Wildman–Crippen LogP) is 1.02. The highest BCUT2D eigenvalue weighted by Gasteiger charge is 2.31. The predicted molar refractivity (Wildman–Crippen MR) is 50.0 cm³/mol. The van der Waals surface area contributed by atoms with E-state index >= 15 is 0 Å². The van der Waals surface area contributed by atoms with Gasteiger partial charge in [-0.15, -0.1) is 0 Å². The van der Waals surface area contributed by atoms with Crippen molar-refractivity contribution in [3.63, 3.8) is 0 Å². The number of hydrogen-bond acceptors (Lipinski definition) is 3. The zero-order valence-electron chi connectivity index (χ0n) is 7.48. The quantitative estimate of drug-likeness (QED) is 0.697. The summed E-state index contributed by atoms with van der Waals surface area (Å²) in [6, 6.07) is 0. The molecule has 1 atom stereocenters. The van der Waals surface area contributed by atoms with Crippen molar-refractivity contribution in [2.45, 2.75) is 0 Å². The molecule has 4 nitrogen and oxygen atoms in total. The Bertz CT molecular complexity index is 471. The van der Waals surface area contributed by atoms with Gasteiger partial charge in [0.1, 0.15) is 5.83 Å². The van der Waals surface area contributed by atoms with Crippen LogP contribution in [-0.2, 0) is 9.59 Å². The first-order valence-electron chi connectivity index (χ1n) is 4.21. The Labute approximate surface area is 84.1 Å². The van der Waals surface area contributed by atoms with Crippen molar-refractivity contribution in [1.82, 2.24) is 0 Å². The fourth-order valence-electron chi connectivity index (χ4n) is 1.42. The van der Waals surface area contributed by atoms with Gasteiger partial charge in [-0.25, -0.2) is 14.2 Å². The monoisotopic (exact) mass is 207 g/mol. The van der Waals surface area contributed by atoms with E-state index in [1.54, 1.807) is 0 Å². The lowest BCUT2D eigenvalue weighted by Gasteiger charge is -2.18. The van der Waals surface area contributed by atoms with Crippen LogP contribution < -0.4 is 0 Å². The smallest absolute Gasteiger partial charge is 0.354 e. The van der Waals surface area contributed by atoms with Crippen LogP contribution in [0.1, 0.15) is 0 Å². The van der Waals surface area contributed by atoms with Crippen LogP contribution in [0.3, 0.4) is 0 Å². The number of carbonyl (C=O) groups is 2. The number of carboxylic acids is 1. The van der Waals surface area contributed by atoms with Gasteiger partial charge < -0.3 is 5.11 Å². The van der Waals surface area contributed by atoms with Crippen molar-refractivity contribution < 1.29 is 19.1 Å². The molecule has 1 heterocycles. The molecule has 0 fully saturated rings. The maximum absolute atomic E-state index is 13.2. The first-order valence-corrected chi connectivity index (χ1v) is 4.21. The number of rotatable bonds is 1. The van der Waals surface area contributed by atoms with Crippen molar-refractivity contribution in [2.24, 2.45) is 10.9 Å². The lowest BCUT2D eigenvalue weighted by atomic mass is 9.90. The lowest BCUT2D eigenvalue weighted by molar-refractivity contribution is -0.133. The van der Waals surface area contributed by atoms with Crippen molar-refractivity contribution in [1.29, 1.82) is 0 Å². The van der Waals surface area contributed by atoms with Crippen LogP contribution in [0.2, 0.25) is 0 Å². The van der Waals surface area contributed by atoms with Gasteiger partial charge in [0.05, 0.1) is 11.6 Å². The molecule has 0 aromatic carbocycles. The second-order valence-electron chi connectivity index (χ2n) is 3.11. The first-order chi connectivity index (χ1) is 7.09. The van der Waals surface area contributed by atoms with E-state index in [1.807, 2.05) is 0 Å². The minimum Gasteiger partial charge on any atom is -0.477 e. The molecule has 0 aromatic heterocycles. The summed E-state index contributed by atoms with van der Waals surface area (Å²) < 4.78 is 13.2. The first kappa shape index (κ1) is 9.51. The average Bonchev–Trinajstić information content (AvgIpc) is 2.19. The molecule has 0 bridgehead atoms. The highest BCUT2D eigenvalue weighted by molar-refractivity contribution is 6.21. The zero-order chi connectivity index (χ0) is 11.0. The molecule has 2 aliphatic rings. The van der Waals surface area contributed by atoms with E-state index in [9.17, 15) is 14.0 Å². The number of fused-ring (bicyclic) bond motifs is 1. The van der Waals surface area contributed by atoms with Crippen LogP contribution in [0.15, 0.2) is 40.8 Å². The number of carbonyl (C=O) groups excluding carboxylic acids is 1. The molecule has 76 valence electrons. The summed E-state index contributed by atoms with van der Waals surface area (Å²) >= 11 is 0. The summed E-state index contributed by atoms with van der Waals surface area (Å²) in [6.07, 6.45) is 4.96. The second-order valence-corrected chi connectivity index (χ2v) is 3.11. The molecule has 1 unspecified atom stereocenters. The van der Waals surface area contributed by atoms with E-state index < -0.39 is 29.2 Å². The minimum absolute atomic E-state index is 0.123. The van der Waals surface area contributed by atoms with Crippen LogP contribution in [0.5, 0.6) is 0 Å². The number of aliphatic carboxylic acids is 1. The number of allylic oxidation sites excluding steroid dienone is 5. The Morgan fingerprint density at radius 2 is 2.27 bits per heavy atom. The fraction of sp³-hybridized carbons (Fsp3) is 0.100. The molecule has 0 radical (unpaired) electrons. The maximum atomic E-state index is 13.2. The Morgan fingerprint density at radius 1 is 1.53 bits per heavy atom. The van der Waals surface area contributed by atoms with Gasteiger partial charge in [0.25, 0.3) is 0 Å². The Hall–Kier alpha value is -2.04. The number of halogens is 1. The molecule has 15 heavy (non-hydrogen) atoms. The van der Waals surface area contributed by atoms with Gasteiger partial charge in [0.2, 0.25) is 0 Å². The molecule has 1 N–H and O–H groups in total. The summed E-state index contributed by atoms with van der Waals surface area (Å²) in [7, 11) is 0. The van der Waals surface area contributed by atoms with Gasteiger partial charge in [0.15, 0.2) is 11.5 Å². The van der Waals surface area contributed by atoms with Crippen LogP contribution in [0.4, 0.5) is 4.39 Å². The Balaban J connectivity index is 2.49. The van der Waals surface area contributed by atoms with E-state index in [1.165, 1.54) is 12.2 Å². The molecule has 1 aliphatic carbocycles. The highest BCUT2D eigenvalue weighted by atomic mass is 19.1. The van der Waals surface area contributed by atoms with E-state index in [0.717, 1.165) is 12.2 Å². The molecule has 5 heteroatoms. The van der Waals surface area contributed by atoms with E-state index in [4.69, 9.17) is 5.11 Å². The molecule has 2 rings (SSSR count). The topological polar surface area (TPSA) is 66.7 Å². The molecule has 0 aromatic rings. The summed E-state index contributed by atoms with van der Waals surface area (Å²) in [4.78, 5) is 25.6. The Kier molecular flexibility index (Phi) is 2.07. The molecule has 1 aliphatic heterocycles. The number of ketones is 1. The third-order valence-corrected chi connectivity index (χ3v) is 2.13. The van der Waals surface area contributed by atoms with Gasteiger partial charge in [0, 0.05) is 6.08 Å². The second kappa shape index (κ2) is 3.27. The van der Waals surface area contributed by atoms with Gasteiger partial charge >= 0.3 is 5.97 Å². The van der Waals surface area contributed by atoms with E-state index in [2.05, 4.69) is 4.99 Å². The third kappa shape index (κ3) is 1.52. The van der Waals surface area contributed by atoms with Gasteiger partial charge in [-0.3, -0.25) is 4.79 Å². The van der Waals surface area contributed by atoms with Crippen LogP contribution >= 0.6 is 0 Å². The summed E-state index contributed by atoms with van der Waals surface area (Å²) in [5.74, 6) is -3.24. The summed E-state index contributed by atoms with van der Waals surface area (Å²) in [5, 5.41) is 8.65. The summed E-state index contributed by atoms with van der Waals surface area (Å²) in [6.45, 7) is 0. The SMILES string of the molecule is O=C(O)C1=CC(=O)C2C=CC=C(F)C2=N1. The molecule has 0 saturated heterocycles. The number of carboxylic acid groups (broad SMARTS) is 1. The Morgan fingerprint density at radius 3 is 2.93 bits per heavy atom. The van der Waals surface area contributed by atoms with E-state index in [0.29, 0.717) is 0 Å². The molecule has 0 saturated carbocycles. The molecular weight excluding hydrogens is 201 g/mol. The van der Waals surface area contributed by atoms with Crippen molar-refractivity contribution in [3.05, 3.63) is 35.8 Å². The average molecular weight is 207 g/mol. The fourth-order valence-corrected chi connectivity index (χ4v) is 1.42. The lowest BCUT2D eigenvalue weighted by Crippen LogP contribution is -2.27. The third-order valence-electron chi connectivity index (χ3n) is 2.13. The van der Waals surface area contributed by atoms with E-state index in [-0.39, 0.29) is 5.71 Å². The van der Waals surface area contributed by atoms with Crippen LogP contribution in [0, 0.1) is 5.92 Å². The minimum atomic E-state index is -1.34. The zero-order valence-corrected chi connectivity index (χ0v) is 7.48. The molecule has 0 spiro atoms. The van der Waals surface area contributed by atoms with Crippen molar-refractivity contribution in [3.8, 4) is 0 Å². The maximum Gasteiger partial charge on any atom is 0.354 e. The van der Waals surface area contributed by atoms with Crippen LogP contribution in [0.25, 0.3) is 0 Å².